The Morgan fingerprint density at radius 3 is 2.14 bits per heavy atom. The molecule has 1 aliphatic carbocycles. The molecule has 7 nitrogen and oxygen atoms in total. The summed E-state index contributed by atoms with van der Waals surface area (Å²) in [6.45, 7) is 0.355. The van der Waals surface area contributed by atoms with E-state index in [0.717, 1.165) is 29.5 Å². The van der Waals surface area contributed by atoms with Crippen LogP contribution in [0.25, 0.3) is 11.1 Å². The average molecular weight is 492 g/mol. The fourth-order valence-corrected chi connectivity index (χ4v) is 5.85. The number of nitrogens with zero attached hydrogens (tertiary/aromatic N) is 1. The van der Waals surface area contributed by atoms with E-state index in [0.29, 0.717) is 38.6 Å². The van der Waals surface area contributed by atoms with Crippen molar-refractivity contribution in [1.82, 2.24) is 4.90 Å². The third-order valence-electron chi connectivity index (χ3n) is 7.79. The van der Waals surface area contributed by atoms with Crippen LogP contribution in [0.4, 0.5) is 0 Å². The molecule has 0 aromatic heterocycles. The van der Waals surface area contributed by atoms with E-state index < -0.39 is 29.3 Å². The average Bonchev–Trinajstić information content (AvgIpc) is 3.54. The van der Waals surface area contributed by atoms with Crippen molar-refractivity contribution in [3.63, 3.8) is 0 Å². The Hall–Kier alpha value is -3.48. The first-order chi connectivity index (χ1) is 17.3. The van der Waals surface area contributed by atoms with Crippen LogP contribution in [0.2, 0.25) is 0 Å². The van der Waals surface area contributed by atoms with E-state index in [1.165, 1.54) is 4.90 Å². The van der Waals surface area contributed by atoms with E-state index in [4.69, 9.17) is 0 Å². The number of carboxylic acid groups (broad SMARTS) is 2. The van der Waals surface area contributed by atoms with Crippen molar-refractivity contribution in [3.05, 3.63) is 60.2 Å². The molecule has 190 valence electrons. The van der Waals surface area contributed by atoms with Gasteiger partial charge in [-0.15, -0.1) is 0 Å². The van der Waals surface area contributed by atoms with Gasteiger partial charge in [0.25, 0.3) is 0 Å². The highest BCUT2D eigenvalue weighted by molar-refractivity contribution is 5.94. The molecule has 4 rings (SSSR count). The van der Waals surface area contributed by atoms with E-state index in [2.05, 4.69) is 0 Å². The fraction of sp³-hybridized carbons (Fsp3) is 0.448. The van der Waals surface area contributed by atoms with Crippen LogP contribution in [-0.4, -0.2) is 51.3 Å². The van der Waals surface area contributed by atoms with Gasteiger partial charge in [-0.3, -0.25) is 14.4 Å². The Bertz CT molecular complexity index is 1100. The number of benzene rings is 2. The number of rotatable bonds is 10. The van der Waals surface area contributed by atoms with Crippen molar-refractivity contribution in [1.29, 1.82) is 0 Å². The number of hydrogen-bond donors (Lipinski definition) is 2. The van der Waals surface area contributed by atoms with Crippen LogP contribution in [0.3, 0.4) is 0 Å². The molecular formula is C29H33NO6. The maximum atomic E-state index is 13.6. The minimum absolute atomic E-state index is 0.0740. The molecule has 2 aromatic rings. The van der Waals surface area contributed by atoms with E-state index >= 15 is 0 Å². The van der Waals surface area contributed by atoms with Gasteiger partial charge < -0.3 is 15.1 Å². The second-order valence-corrected chi connectivity index (χ2v) is 10.2. The van der Waals surface area contributed by atoms with Crippen molar-refractivity contribution in [3.8, 4) is 11.1 Å². The van der Waals surface area contributed by atoms with E-state index in [9.17, 15) is 29.4 Å². The van der Waals surface area contributed by atoms with E-state index in [1.54, 1.807) is 0 Å². The van der Waals surface area contributed by atoms with Crippen molar-refractivity contribution in [2.45, 2.75) is 63.8 Å². The Morgan fingerprint density at radius 1 is 0.889 bits per heavy atom. The van der Waals surface area contributed by atoms with Gasteiger partial charge in [0.05, 0.1) is 6.42 Å². The standard InChI is InChI=1S/C29H33NO6/c31-25(29(19-26(32)33)14-4-5-15-29)18-23(27(34)30-16-6-9-24(30)28(35)36)17-20-10-12-22(13-11-20)21-7-2-1-3-8-21/h1-3,7-8,10-13,23-24H,4-6,9,14-19H2,(H,32,33)(H,35,36)/t23-,24-/m1/s1. The topological polar surface area (TPSA) is 112 Å². The van der Waals surface area contributed by atoms with Gasteiger partial charge in [0.1, 0.15) is 11.8 Å². The fourth-order valence-electron chi connectivity index (χ4n) is 5.85. The van der Waals surface area contributed by atoms with Gasteiger partial charge in [-0.05, 0) is 48.8 Å². The lowest BCUT2D eigenvalue weighted by Gasteiger charge is -2.30. The molecule has 1 amide bonds. The lowest BCUT2D eigenvalue weighted by Crippen LogP contribution is -2.45. The van der Waals surface area contributed by atoms with E-state index in [-0.39, 0.29) is 24.5 Å². The molecule has 1 heterocycles. The summed E-state index contributed by atoms with van der Waals surface area (Å²) in [4.78, 5) is 51.9. The predicted molar refractivity (Wildman–Crippen MR) is 134 cm³/mol. The maximum absolute atomic E-state index is 13.6. The van der Waals surface area contributed by atoms with Crippen LogP contribution in [0.15, 0.2) is 54.6 Å². The van der Waals surface area contributed by atoms with Crippen molar-refractivity contribution in [2.75, 3.05) is 6.54 Å². The summed E-state index contributed by atoms with van der Waals surface area (Å²) < 4.78 is 0. The maximum Gasteiger partial charge on any atom is 0.326 e. The molecule has 2 aliphatic rings. The molecule has 1 saturated heterocycles. The van der Waals surface area contributed by atoms with Gasteiger partial charge in [-0.1, -0.05) is 67.4 Å². The molecule has 0 spiro atoms. The quantitative estimate of drug-likeness (QED) is 0.503. The number of ketones is 1. The second kappa shape index (κ2) is 11.1. The van der Waals surface area contributed by atoms with Crippen LogP contribution in [-0.2, 0) is 25.6 Å². The molecule has 0 bridgehead atoms. The molecule has 1 aliphatic heterocycles. The number of carbonyl (C=O) groups is 4. The summed E-state index contributed by atoms with van der Waals surface area (Å²) in [6, 6.07) is 16.9. The Balaban J connectivity index is 1.58. The van der Waals surface area contributed by atoms with Gasteiger partial charge in [0.2, 0.25) is 5.91 Å². The molecule has 0 unspecified atom stereocenters. The minimum atomic E-state index is -1.03. The van der Waals surface area contributed by atoms with Crippen LogP contribution >= 0.6 is 0 Å². The third kappa shape index (κ3) is 5.66. The molecule has 2 N–H and O–H groups in total. The highest BCUT2D eigenvalue weighted by atomic mass is 16.4. The SMILES string of the molecule is O=C(O)CC1(C(=O)C[C@@H](Cc2ccc(-c3ccccc3)cc2)C(=O)N2CCC[C@@H]2C(=O)O)CCCC1. The lowest BCUT2D eigenvalue weighted by molar-refractivity contribution is -0.151. The molecule has 1 saturated carbocycles. The summed E-state index contributed by atoms with van der Waals surface area (Å²) in [7, 11) is 0. The Kier molecular flexibility index (Phi) is 7.87. The summed E-state index contributed by atoms with van der Waals surface area (Å²) in [5.41, 5.74) is 2.06. The number of hydrogen-bond acceptors (Lipinski definition) is 4. The Morgan fingerprint density at radius 2 is 1.53 bits per heavy atom. The predicted octanol–water partition coefficient (Wildman–Crippen LogP) is 4.58. The molecule has 0 radical (unpaired) electrons. The van der Waals surface area contributed by atoms with Crippen molar-refractivity contribution < 1.29 is 29.4 Å². The number of carbonyl (C=O) groups excluding carboxylic acids is 2. The van der Waals surface area contributed by atoms with Gasteiger partial charge in [0.15, 0.2) is 0 Å². The van der Waals surface area contributed by atoms with Crippen LogP contribution in [0, 0.1) is 11.3 Å². The number of aliphatic carboxylic acids is 2. The summed E-state index contributed by atoms with van der Waals surface area (Å²) >= 11 is 0. The molecule has 36 heavy (non-hydrogen) atoms. The first kappa shape index (κ1) is 25.6. The van der Waals surface area contributed by atoms with Gasteiger partial charge in [0, 0.05) is 24.3 Å². The van der Waals surface area contributed by atoms with Crippen LogP contribution in [0.1, 0.15) is 56.9 Å². The van der Waals surface area contributed by atoms with Crippen molar-refractivity contribution >= 4 is 23.6 Å². The second-order valence-electron chi connectivity index (χ2n) is 10.2. The highest BCUT2D eigenvalue weighted by Crippen LogP contribution is 2.44. The molecule has 2 fully saturated rings. The van der Waals surface area contributed by atoms with Gasteiger partial charge in [-0.2, -0.15) is 0 Å². The smallest absolute Gasteiger partial charge is 0.326 e. The lowest BCUT2D eigenvalue weighted by atomic mass is 9.74. The first-order valence-electron chi connectivity index (χ1n) is 12.7. The summed E-state index contributed by atoms with van der Waals surface area (Å²) in [5, 5.41) is 19.1. The number of likely N-dealkylation sites (tertiary alicyclic amines) is 1. The number of amides is 1. The molecule has 2 aromatic carbocycles. The zero-order chi connectivity index (χ0) is 25.7. The highest BCUT2D eigenvalue weighted by Gasteiger charge is 2.45. The van der Waals surface area contributed by atoms with Gasteiger partial charge >= 0.3 is 11.9 Å². The first-order valence-corrected chi connectivity index (χ1v) is 12.7. The summed E-state index contributed by atoms with van der Waals surface area (Å²) in [6.07, 6.45) is 3.64. The van der Waals surface area contributed by atoms with Crippen LogP contribution in [0.5, 0.6) is 0 Å². The minimum Gasteiger partial charge on any atom is -0.481 e. The zero-order valence-electron chi connectivity index (χ0n) is 20.4. The monoisotopic (exact) mass is 491 g/mol. The molecule has 2 atom stereocenters. The number of carboxylic acids is 2. The molecule has 7 heteroatoms. The largest absolute Gasteiger partial charge is 0.481 e. The van der Waals surface area contributed by atoms with Crippen LogP contribution < -0.4 is 0 Å². The van der Waals surface area contributed by atoms with Gasteiger partial charge in [-0.25, -0.2) is 4.79 Å². The zero-order valence-corrected chi connectivity index (χ0v) is 20.4. The van der Waals surface area contributed by atoms with E-state index in [1.807, 2.05) is 54.6 Å². The van der Waals surface area contributed by atoms with Crippen molar-refractivity contribution in [2.24, 2.45) is 11.3 Å². The third-order valence-corrected chi connectivity index (χ3v) is 7.79. The number of Topliss-reactive ketones (excluding diaryl/α,β-unsaturated/α-hetero) is 1. The Labute approximate surface area is 211 Å². The normalized spacial score (nSPS) is 19.7. The summed E-state index contributed by atoms with van der Waals surface area (Å²) in [5.74, 6) is -3.28. The molecular weight excluding hydrogens is 458 g/mol.